The summed E-state index contributed by atoms with van der Waals surface area (Å²) in [5.74, 6) is -0.123. The minimum Gasteiger partial charge on any atom is -0.444 e. The van der Waals surface area contributed by atoms with Crippen molar-refractivity contribution in [2.45, 2.75) is 31.7 Å². The van der Waals surface area contributed by atoms with Crippen LogP contribution in [0.4, 0.5) is 0 Å². The second-order valence-corrected chi connectivity index (χ2v) is 8.63. The highest BCUT2D eigenvalue weighted by atomic mass is 32.1. The van der Waals surface area contributed by atoms with E-state index in [9.17, 15) is 9.59 Å². The first-order valence-electron chi connectivity index (χ1n) is 8.94. The molecule has 0 unspecified atom stereocenters. The monoisotopic (exact) mass is 412 g/mol. The van der Waals surface area contributed by atoms with Gasteiger partial charge in [0.15, 0.2) is 5.06 Å². The Bertz CT molecular complexity index is 1080. The molecule has 3 aromatic heterocycles. The summed E-state index contributed by atoms with van der Waals surface area (Å²) >= 11 is 2.64. The maximum Gasteiger partial charge on any atom is 0.270 e. The summed E-state index contributed by atoms with van der Waals surface area (Å²) in [5, 5.41) is 3.51. The second-order valence-electron chi connectivity index (χ2n) is 6.85. The van der Waals surface area contributed by atoms with Crippen LogP contribution in [0.15, 0.2) is 24.5 Å². The zero-order chi connectivity index (χ0) is 19.3. The van der Waals surface area contributed by atoms with E-state index in [2.05, 4.69) is 14.7 Å². The SMILES string of the molecule is NC(=O)c1sc(Oc2ccc(C(=O)NC3CC3)nc2)c2c1CCc1cnsc1-2. The Morgan fingerprint density at radius 3 is 2.79 bits per heavy atom. The van der Waals surface area contributed by atoms with Gasteiger partial charge >= 0.3 is 0 Å². The van der Waals surface area contributed by atoms with Crippen molar-refractivity contribution in [3.8, 4) is 21.3 Å². The number of nitrogens with one attached hydrogen (secondary N) is 1. The molecule has 3 heterocycles. The summed E-state index contributed by atoms with van der Waals surface area (Å²) in [6.45, 7) is 0. The zero-order valence-corrected chi connectivity index (χ0v) is 16.4. The number of pyridine rings is 1. The largest absolute Gasteiger partial charge is 0.444 e. The van der Waals surface area contributed by atoms with Crippen LogP contribution in [0.2, 0.25) is 0 Å². The molecule has 7 nitrogen and oxygen atoms in total. The van der Waals surface area contributed by atoms with Crippen molar-refractivity contribution in [3.63, 3.8) is 0 Å². The lowest BCUT2D eigenvalue weighted by atomic mass is 9.93. The van der Waals surface area contributed by atoms with Gasteiger partial charge in [0.2, 0.25) is 0 Å². The Morgan fingerprint density at radius 1 is 1.21 bits per heavy atom. The van der Waals surface area contributed by atoms with Crippen LogP contribution in [0.5, 0.6) is 10.8 Å². The molecule has 2 aliphatic rings. The predicted octanol–water partition coefficient (Wildman–Crippen LogP) is 3.15. The molecule has 5 rings (SSSR count). The van der Waals surface area contributed by atoms with Crippen LogP contribution in [-0.2, 0) is 12.8 Å². The van der Waals surface area contributed by atoms with E-state index in [1.54, 1.807) is 12.1 Å². The van der Waals surface area contributed by atoms with Crippen LogP contribution in [0.25, 0.3) is 10.4 Å². The average Bonchev–Trinajstić information content (AvgIpc) is 3.23. The van der Waals surface area contributed by atoms with Crippen molar-refractivity contribution in [1.82, 2.24) is 14.7 Å². The number of nitrogens with zero attached hydrogens (tertiary/aromatic N) is 2. The fourth-order valence-electron chi connectivity index (χ4n) is 3.25. The predicted molar refractivity (Wildman–Crippen MR) is 106 cm³/mol. The Hall–Kier alpha value is -2.78. The first-order valence-corrected chi connectivity index (χ1v) is 10.5. The molecule has 0 aliphatic heterocycles. The number of fused-ring (bicyclic) bond motifs is 3. The number of nitrogens with two attached hydrogens (primary N) is 1. The lowest BCUT2D eigenvalue weighted by Crippen LogP contribution is -2.26. The third-order valence-electron chi connectivity index (χ3n) is 4.81. The number of primary amides is 1. The molecule has 3 aromatic rings. The van der Waals surface area contributed by atoms with Crippen LogP contribution in [-0.4, -0.2) is 27.2 Å². The highest BCUT2D eigenvalue weighted by Crippen LogP contribution is 2.49. The fourth-order valence-corrected chi connectivity index (χ4v) is 5.26. The van der Waals surface area contributed by atoms with E-state index in [1.165, 1.54) is 29.1 Å². The number of amides is 2. The molecule has 3 N–H and O–H groups in total. The standard InChI is InChI=1S/C19H16N4O3S2/c20-17(24)16-12-5-1-9-7-22-28-15(9)14(12)19(27-16)26-11-4-6-13(21-8-11)18(25)23-10-2-3-10/h4,6-8,10H,1-3,5H2,(H2,20,24)(H,23,25). The molecule has 1 saturated carbocycles. The summed E-state index contributed by atoms with van der Waals surface area (Å²) in [4.78, 5) is 29.7. The van der Waals surface area contributed by atoms with Crippen molar-refractivity contribution < 1.29 is 14.3 Å². The van der Waals surface area contributed by atoms with E-state index in [1.807, 2.05) is 6.20 Å². The molecule has 0 spiro atoms. The van der Waals surface area contributed by atoms with E-state index in [-0.39, 0.29) is 11.9 Å². The van der Waals surface area contributed by atoms with Crippen LogP contribution in [0.3, 0.4) is 0 Å². The van der Waals surface area contributed by atoms with E-state index >= 15 is 0 Å². The molecule has 0 atom stereocenters. The molecule has 2 amide bonds. The number of hydrogen-bond donors (Lipinski definition) is 2. The molecule has 0 saturated heterocycles. The Kier molecular flexibility index (Phi) is 4.13. The quantitative estimate of drug-likeness (QED) is 0.669. The normalized spacial score (nSPS) is 14.9. The molecular formula is C19H16N4O3S2. The third kappa shape index (κ3) is 3.06. The fraction of sp³-hybridized carbons (Fsp3) is 0.263. The number of carbonyl (C=O) groups excluding carboxylic acids is 2. The summed E-state index contributed by atoms with van der Waals surface area (Å²) in [6.07, 6.45) is 7.01. The van der Waals surface area contributed by atoms with Gasteiger partial charge in [-0.2, -0.15) is 0 Å². The zero-order valence-electron chi connectivity index (χ0n) is 14.7. The number of rotatable bonds is 5. The average molecular weight is 412 g/mol. The van der Waals surface area contributed by atoms with Gasteiger partial charge in [0.1, 0.15) is 11.4 Å². The van der Waals surface area contributed by atoms with Gasteiger partial charge in [-0.25, -0.2) is 9.36 Å². The molecule has 0 bridgehead atoms. The smallest absolute Gasteiger partial charge is 0.270 e. The van der Waals surface area contributed by atoms with Gasteiger partial charge in [-0.3, -0.25) is 9.59 Å². The number of aromatic nitrogens is 2. The molecular weight excluding hydrogens is 396 g/mol. The van der Waals surface area contributed by atoms with Crippen LogP contribution < -0.4 is 15.8 Å². The van der Waals surface area contributed by atoms with Crippen LogP contribution >= 0.6 is 22.9 Å². The lowest BCUT2D eigenvalue weighted by molar-refractivity contribution is 0.0945. The highest BCUT2D eigenvalue weighted by molar-refractivity contribution is 7.17. The molecule has 9 heteroatoms. The number of aryl methyl sites for hydroxylation is 1. The maximum atomic E-state index is 12.1. The second kappa shape index (κ2) is 6.68. The van der Waals surface area contributed by atoms with Crippen LogP contribution in [0.1, 0.15) is 44.1 Å². The van der Waals surface area contributed by atoms with Gasteiger partial charge in [0.25, 0.3) is 11.8 Å². The van der Waals surface area contributed by atoms with E-state index in [0.29, 0.717) is 21.4 Å². The molecule has 142 valence electrons. The van der Waals surface area contributed by atoms with E-state index in [0.717, 1.165) is 47.3 Å². The van der Waals surface area contributed by atoms with Gasteiger partial charge in [-0.15, -0.1) is 0 Å². The topological polar surface area (TPSA) is 107 Å². The number of ether oxygens (including phenoxy) is 1. The summed E-state index contributed by atoms with van der Waals surface area (Å²) in [7, 11) is 0. The van der Waals surface area contributed by atoms with Gasteiger partial charge in [-0.1, -0.05) is 11.3 Å². The maximum absolute atomic E-state index is 12.1. The minimum absolute atomic E-state index is 0.173. The van der Waals surface area contributed by atoms with Gasteiger partial charge in [0, 0.05) is 12.2 Å². The number of hydrogen-bond acceptors (Lipinski definition) is 7. The first kappa shape index (κ1) is 17.3. The van der Waals surface area contributed by atoms with Crippen molar-refractivity contribution in [2.75, 3.05) is 0 Å². The number of thiophene rings is 1. The molecule has 0 radical (unpaired) electrons. The summed E-state index contributed by atoms with van der Waals surface area (Å²) in [6, 6.07) is 3.63. The minimum atomic E-state index is -0.450. The van der Waals surface area contributed by atoms with E-state index in [4.69, 9.17) is 10.5 Å². The lowest BCUT2D eigenvalue weighted by Gasteiger charge is -2.14. The van der Waals surface area contributed by atoms with E-state index < -0.39 is 5.91 Å². The molecule has 0 aromatic carbocycles. The Balaban J connectivity index is 1.46. The Morgan fingerprint density at radius 2 is 2.07 bits per heavy atom. The summed E-state index contributed by atoms with van der Waals surface area (Å²) < 4.78 is 10.3. The first-order chi connectivity index (χ1) is 13.6. The van der Waals surface area contributed by atoms with Crippen molar-refractivity contribution in [3.05, 3.63) is 46.2 Å². The highest BCUT2D eigenvalue weighted by Gasteiger charge is 2.30. The number of carbonyl (C=O) groups is 2. The van der Waals surface area contributed by atoms with Crippen molar-refractivity contribution in [2.24, 2.45) is 5.73 Å². The molecule has 1 fully saturated rings. The van der Waals surface area contributed by atoms with Gasteiger partial charge in [-0.05, 0) is 60.5 Å². The molecule has 28 heavy (non-hydrogen) atoms. The van der Waals surface area contributed by atoms with Crippen molar-refractivity contribution in [1.29, 1.82) is 0 Å². The van der Waals surface area contributed by atoms with Gasteiger partial charge in [0.05, 0.1) is 21.5 Å². The summed E-state index contributed by atoms with van der Waals surface area (Å²) in [5.41, 5.74) is 8.92. The molecule has 2 aliphatic carbocycles. The Labute approximate surface area is 168 Å². The third-order valence-corrected chi connectivity index (χ3v) is 6.79. The van der Waals surface area contributed by atoms with Gasteiger partial charge < -0.3 is 15.8 Å². The van der Waals surface area contributed by atoms with Crippen molar-refractivity contribution >= 4 is 34.7 Å². The van der Waals surface area contributed by atoms with Crippen LogP contribution in [0, 0.1) is 0 Å².